The fourth-order valence-electron chi connectivity index (χ4n) is 3.27. The van der Waals surface area contributed by atoms with Gasteiger partial charge in [-0.2, -0.15) is 0 Å². The molecular formula is C25H29NO. The van der Waals surface area contributed by atoms with Gasteiger partial charge in [0, 0.05) is 19.0 Å². The maximum Gasteiger partial charge on any atom is 0.119 e. The number of hydrogen-bond donors (Lipinski definition) is 1. The molecule has 0 aliphatic carbocycles. The van der Waals surface area contributed by atoms with E-state index in [0.717, 1.165) is 25.1 Å². The molecule has 0 aromatic heterocycles. The number of benzene rings is 3. The largest absolute Gasteiger partial charge is 0.493 e. The maximum atomic E-state index is 5.90. The lowest BCUT2D eigenvalue weighted by Crippen LogP contribution is -2.20. The molecule has 0 bridgehead atoms. The smallest absolute Gasteiger partial charge is 0.119 e. The van der Waals surface area contributed by atoms with Crippen molar-refractivity contribution < 1.29 is 4.74 Å². The molecule has 0 fully saturated rings. The van der Waals surface area contributed by atoms with E-state index in [1.165, 1.54) is 22.3 Å². The van der Waals surface area contributed by atoms with Crippen molar-refractivity contribution in [2.24, 2.45) is 0 Å². The number of aryl methyl sites for hydroxylation is 1. The second kappa shape index (κ2) is 9.94. The molecule has 3 rings (SSSR count). The van der Waals surface area contributed by atoms with Crippen LogP contribution in [0.3, 0.4) is 0 Å². The zero-order valence-corrected chi connectivity index (χ0v) is 16.3. The van der Waals surface area contributed by atoms with E-state index in [9.17, 15) is 0 Å². The van der Waals surface area contributed by atoms with E-state index in [1.807, 2.05) is 6.07 Å². The van der Waals surface area contributed by atoms with Gasteiger partial charge in [0.25, 0.3) is 0 Å². The highest BCUT2D eigenvalue weighted by molar-refractivity contribution is 5.30. The lowest BCUT2D eigenvalue weighted by atomic mass is 10.0. The third-order valence-corrected chi connectivity index (χ3v) is 4.99. The van der Waals surface area contributed by atoms with Gasteiger partial charge in [-0.1, -0.05) is 73.7 Å². The first kappa shape index (κ1) is 19.2. The number of rotatable bonds is 9. The zero-order valence-electron chi connectivity index (χ0n) is 16.3. The second-order valence-electron chi connectivity index (χ2n) is 6.92. The SMILES string of the molecule is CCC(NCc1ccccc1C)c1ccc(OCCc2ccccc2)cc1. The van der Waals surface area contributed by atoms with Crippen LogP contribution in [0.25, 0.3) is 0 Å². The molecule has 0 aliphatic rings. The summed E-state index contributed by atoms with van der Waals surface area (Å²) in [6.07, 6.45) is 1.98. The lowest BCUT2D eigenvalue weighted by Gasteiger charge is -2.19. The van der Waals surface area contributed by atoms with Crippen molar-refractivity contribution in [1.29, 1.82) is 0 Å². The lowest BCUT2D eigenvalue weighted by molar-refractivity contribution is 0.321. The molecule has 0 heterocycles. The monoisotopic (exact) mass is 359 g/mol. The van der Waals surface area contributed by atoms with Crippen LogP contribution in [0.4, 0.5) is 0 Å². The summed E-state index contributed by atoms with van der Waals surface area (Å²) >= 11 is 0. The van der Waals surface area contributed by atoms with Gasteiger partial charge in [0.1, 0.15) is 5.75 Å². The fraction of sp³-hybridized carbons (Fsp3) is 0.280. The van der Waals surface area contributed by atoms with Gasteiger partial charge in [0.2, 0.25) is 0 Å². The Balaban J connectivity index is 1.52. The van der Waals surface area contributed by atoms with E-state index >= 15 is 0 Å². The van der Waals surface area contributed by atoms with E-state index in [-0.39, 0.29) is 0 Å². The van der Waals surface area contributed by atoms with Crippen LogP contribution >= 0.6 is 0 Å². The minimum absolute atomic E-state index is 0.350. The predicted molar refractivity (Wildman–Crippen MR) is 113 cm³/mol. The molecule has 0 aliphatic heterocycles. The maximum absolute atomic E-state index is 5.90. The molecule has 1 atom stereocenters. The van der Waals surface area contributed by atoms with Crippen molar-refractivity contribution in [3.63, 3.8) is 0 Å². The summed E-state index contributed by atoms with van der Waals surface area (Å²) in [4.78, 5) is 0. The van der Waals surface area contributed by atoms with Crippen molar-refractivity contribution in [3.8, 4) is 5.75 Å². The van der Waals surface area contributed by atoms with E-state index in [2.05, 4.69) is 92.0 Å². The van der Waals surface area contributed by atoms with Crippen LogP contribution in [-0.2, 0) is 13.0 Å². The predicted octanol–water partition coefficient (Wildman–Crippen LogP) is 5.86. The molecule has 2 nitrogen and oxygen atoms in total. The first-order chi connectivity index (χ1) is 13.3. The standard InChI is InChI=1S/C25H29NO/c1-3-25(26-19-23-12-8-7-9-20(23)2)22-13-15-24(16-14-22)27-18-17-21-10-5-4-6-11-21/h4-16,25-26H,3,17-19H2,1-2H3. The fourth-order valence-corrected chi connectivity index (χ4v) is 3.27. The Morgan fingerprint density at radius 2 is 1.56 bits per heavy atom. The average molecular weight is 360 g/mol. The molecule has 0 radical (unpaired) electrons. The van der Waals surface area contributed by atoms with E-state index < -0.39 is 0 Å². The quantitative estimate of drug-likeness (QED) is 0.517. The normalized spacial score (nSPS) is 11.9. The van der Waals surface area contributed by atoms with E-state index in [4.69, 9.17) is 4.74 Å². The minimum Gasteiger partial charge on any atom is -0.493 e. The van der Waals surface area contributed by atoms with Gasteiger partial charge in [-0.3, -0.25) is 0 Å². The van der Waals surface area contributed by atoms with Crippen molar-refractivity contribution in [3.05, 3.63) is 101 Å². The van der Waals surface area contributed by atoms with Crippen LogP contribution in [0.5, 0.6) is 5.75 Å². The van der Waals surface area contributed by atoms with Crippen LogP contribution in [0.15, 0.2) is 78.9 Å². The summed E-state index contributed by atoms with van der Waals surface area (Å²) in [7, 11) is 0. The number of nitrogens with one attached hydrogen (secondary N) is 1. The highest BCUT2D eigenvalue weighted by Gasteiger charge is 2.09. The summed E-state index contributed by atoms with van der Waals surface area (Å²) in [6.45, 7) is 5.98. The van der Waals surface area contributed by atoms with Crippen LogP contribution in [0, 0.1) is 6.92 Å². The molecule has 1 N–H and O–H groups in total. The summed E-state index contributed by atoms with van der Waals surface area (Å²) in [5, 5.41) is 3.69. The summed E-state index contributed by atoms with van der Waals surface area (Å²) in [6, 6.07) is 27.9. The average Bonchev–Trinajstić information content (AvgIpc) is 2.71. The van der Waals surface area contributed by atoms with Gasteiger partial charge < -0.3 is 10.1 Å². The molecule has 0 saturated carbocycles. The Labute approximate surface area is 163 Å². The van der Waals surface area contributed by atoms with Crippen molar-refractivity contribution in [2.75, 3.05) is 6.61 Å². The van der Waals surface area contributed by atoms with Crippen molar-refractivity contribution in [2.45, 2.75) is 39.3 Å². The number of hydrogen-bond acceptors (Lipinski definition) is 2. The van der Waals surface area contributed by atoms with Gasteiger partial charge in [0.05, 0.1) is 6.61 Å². The highest BCUT2D eigenvalue weighted by atomic mass is 16.5. The Bertz CT molecular complexity index is 811. The van der Waals surface area contributed by atoms with Gasteiger partial charge in [0.15, 0.2) is 0 Å². The van der Waals surface area contributed by atoms with Crippen LogP contribution in [0.1, 0.15) is 41.6 Å². The molecule has 0 amide bonds. The summed E-state index contributed by atoms with van der Waals surface area (Å²) in [5.41, 5.74) is 5.31. The zero-order chi connectivity index (χ0) is 18.9. The molecule has 1 unspecified atom stereocenters. The van der Waals surface area contributed by atoms with Gasteiger partial charge in [-0.05, 0) is 47.7 Å². The topological polar surface area (TPSA) is 21.3 Å². The van der Waals surface area contributed by atoms with Gasteiger partial charge >= 0.3 is 0 Å². The Kier molecular flexibility index (Phi) is 7.06. The first-order valence-electron chi connectivity index (χ1n) is 9.81. The Hall–Kier alpha value is -2.58. The third kappa shape index (κ3) is 5.70. The minimum atomic E-state index is 0.350. The van der Waals surface area contributed by atoms with Gasteiger partial charge in [-0.25, -0.2) is 0 Å². The van der Waals surface area contributed by atoms with Crippen LogP contribution in [0.2, 0.25) is 0 Å². The molecule has 3 aromatic carbocycles. The Morgan fingerprint density at radius 3 is 2.26 bits per heavy atom. The van der Waals surface area contributed by atoms with Crippen molar-refractivity contribution >= 4 is 0 Å². The van der Waals surface area contributed by atoms with Crippen LogP contribution in [-0.4, -0.2) is 6.61 Å². The van der Waals surface area contributed by atoms with Gasteiger partial charge in [-0.15, -0.1) is 0 Å². The molecule has 3 aromatic rings. The molecule has 0 saturated heterocycles. The second-order valence-corrected chi connectivity index (χ2v) is 6.92. The molecule has 140 valence electrons. The molecule has 27 heavy (non-hydrogen) atoms. The van der Waals surface area contributed by atoms with Crippen molar-refractivity contribution in [1.82, 2.24) is 5.32 Å². The number of ether oxygens (including phenoxy) is 1. The third-order valence-electron chi connectivity index (χ3n) is 4.99. The molecule has 2 heteroatoms. The van der Waals surface area contributed by atoms with E-state index in [1.54, 1.807) is 0 Å². The summed E-state index contributed by atoms with van der Waals surface area (Å²) < 4.78 is 5.90. The molecular weight excluding hydrogens is 330 g/mol. The van der Waals surface area contributed by atoms with Crippen LogP contribution < -0.4 is 10.1 Å². The highest BCUT2D eigenvalue weighted by Crippen LogP contribution is 2.21. The molecule has 0 spiro atoms. The Morgan fingerprint density at radius 1 is 0.852 bits per heavy atom. The summed E-state index contributed by atoms with van der Waals surface area (Å²) in [5.74, 6) is 0.934. The van der Waals surface area contributed by atoms with E-state index in [0.29, 0.717) is 12.6 Å². The first-order valence-corrected chi connectivity index (χ1v) is 9.81.